The molecule has 1 fully saturated rings. The maximum Gasteiger partial charge on any atom is 0.00705 e. The molecule has 0 aromatic heterocycles. The van der Waals surface area contributed by atoms with Gasteiger partial charge in [-0.3, -0.25) is 0 Å². The van der Waals surface area contributed by atoms with E-state index in [2.05, 4.69) is 50.5 Å². The molecule has 0 radical (unpaired) electrons. The molecule has 0 N–H and O–H groups in total. The van der Waals surface area contributed by atoms with Gasteiger partial charge in [0.25, 0.3) is 0 Å². The van der Waals surface area contributed by atoms with Crippen LogP contribution in [-0.2, 0) is 0 Å². The molecule has 1 aliphatic carbocycles. The number of rotatable bonds is 3. The average Bonchev–Trinajstić information content (AvgIpc) is 2.47. The first-order chi connectivity index (χ1) is 5.45. The fourth-order valence-corrected chi connectivity index (χ4v) is 4.98. The van der Waals surface area contributed by atoms with Crippen molar-refractivity contribution in [2.75, 3.05) is 5.33 Å². The van der Waals surface area contributed by atoms with Crippen molar-refractivity contribution in [3.8, 4) is 0 Å². The van der Waals surface area contributed by atoms with Crippen molar-refractivity contribution in [2.45, 2.75) is 41.0 Å². The number of hydrogen-bond donors (Lipinski definition) is 0. The fourth-order valence-electron chi connectivity index (χ4n) is 3.59. The second-order valence-corrected chi connectivity index (χ2v) is 5.62. The van der Waals surface area contributed by atoms with Crippen molar-refractivity contribution in [3.63, 3.8) is 0 Å². The third-order valence-corrected chi connectivity index (χ3v) is 5.03. The Hall–Kier alpha value is 0.480. The molecule has 2 atom stereocenters. The lowest BCUT2D eigenvalue weighted by Crippen LogP contribution is -2.15. The molecule has 1 rings (SSSR count). The summed E-state index contributed by atoms with van der Waals surface area (Å²) < 4.78 is 0. The Morgan fingerprint density at radius 1 is 1.33 bits per heavy atom. The standard InChI is InChI=1S/C11H21Br/c1-6-11(8(2)3)9(7-12)10(11,4)5/h8-9H,6-7H2,1-5H3. The molecule has 0 aromatic rings. The van der Waals surface area contributed by atoms with Crippen LogP contribution in [0, 0.1) is 22.7 Å². The minimum Gasteiger partial charge on any atom is -0.0925 e. The van der Waals surface area contributed by atoms with Crippen LogP contribution in [0.2, 0.25) is 0 Å². The lowest BCUT2D eigenvalue weighted by molar-refractivity contribution is 0.263. The van der Waals surface area contributed by atoms with Crippen LogP contribution in [0.15, 0.2) is 0 Å². The van der Waals surface area contributed by atoms with Crippen LogP contribution in [0.5, 0.6) is 0 Å². The van der Waals surface area contributed by atoms with Crippen LogP contribution >= 0.6 is 15.9 Å². The summed E-state index contributed by atoms with van der Waals surface area (Å²) in [6.07, 6.45) is 1.33. The summed E-state index contributed by atoms with van der Waals surface area (Å²) in [7, 11) is 0. The minimum absolute atomic E-state index is 0.555. The Balaban J connectivity index is 2.85. The van der Waals surface area contributed by atoms with Crippen LogP contribution in [0.1, 0.15) is 41.0 Å². The highest BCUT2D eigenvalue weighted by Gasteiger charge is 2.69. The Bertz CT molecular complexity index is 172. The van der Waals surface area contributed by atoms with E-state index in [0.29, 0.717) is 10.8 Å². The van der Waals surface area contributed by atoms with E-state index in [0.717, 1.165) is 11.8 Å². The van der Waals surface area contributed by atoms with Gasteiger partial charge in [-0.1, -0.05) is 50.5 Å². The minimum atomic E-state index is 0.555. The third kappa shape index (κ3) is 1.01. The predicted octanol–water partition coefficient (Wildman–Crippen LogP) is 4.09. The molecule has 1 aliphatic rings. The normalized spacial score (nSPS) is 38.8. The molecule has 1 saturated carbocycles. The van der Waals surface area contributed by atoms with Crippen molar-refractivity contribution in [1.82, 2.24) is 0 Å². The van der Waals surface area contributed by atoms with Gasteiger partial charge in [-0.25, -0.2) is 0 Å². The van der Waals surface area contributed by atoms with E-state index in [1.54, 1.807) is 0 Å². The van der Waals surface area contributed by atoms with Gasteiger partial charge in [-0.05, 0) is 29.1 Å². The monoisotopic (exact) mass is 232 g/mol. The van der Waals surface area contributed by atoms with E-state index < -0.39 is 0 Å². The highest BCUT2D eigenvalue weighted by atomic mass is 79.9. The van der Waals surface area contributed by atoms with Gasteiger partial charge in [0.05, 0.1) is 0 Å². The lowest BCUT2D eigenvalue weighted by atomic mass is 9.82. The molecule has 0 aromatic carbocycles. The highest BCUT2D eigenvalue weighted by molar-refractivity contribution is 9.09. The summed E-state index contributed by atoms with van der Waals surface area (Å²) in [5.41, 5.74) is 1.16. The first-order valence-corrected chi connectivity index (χ1v) is 6.13. The molecule has 0 nitrogen and oxygen atoms in total. The molecular weight excluding hydrogens is 212 g/mol. The second kappa shape index (κ2) is 3.01. The van der Waals surface area contributed by atoms with E-state index in [9.17, 15) is 0 Å². The highest BCUT2D eigenvalue weighted by Crippen LogP contribution is 2.74. The van der Waals surface area contributed by atoms with Crippen molar-refractivity contribution in [3.05, 3.63) is 0 Å². The van der Waals surface area contributed by atoms with Gasteiger partial charge < -0.3 is 0 Å². The number of halogens is 1. The zero-order chi connectivity index (χ0) is 9.57. The van der Waals surface area contributed by atoms with E-state index in [1.165, 1.54) is 11.8 Å². The Morgan fingerprint density at radius 2 is 1.83 bits per heavy atom. The van der Waals surface area contributed by atoms with Gasteiger partial charge in [-0.2, -0.15) is 0 Å². The van der Waals surface area contributed by atoms with E-state index in [4.69, 9.17) is 0 Å². The second-order valence-electron chi connectivity index (χ2n) is 4.98. The topological polar surface area (TPSA) is 0 Å². The predicted molar refractivity (Wildman–Crippen MR) is 58.6 cm³/mol. The van der Waals surface area contributed by atoms with Crippen LogP contribution in [0.4, 0.5) is 0 Å². The number of alkyl halides is 1. The third-order valence-electron chi connectivity index (χ3n) is 4.38. The van der Waals surface area contributed by atoms with E-state index in [1.807, 2.05) is 0 Å². The van der Waals surface area contributed by atoms with Crippen LogP contribution in [0.25, 0.3) is 0 Å². The zero-order valence-corrected chi connectivity index (χ0v) is 10.5. The van der Waals surface area contributed by atoms with Crippen molar-refractivity contribution in [2.24, 2.45) is 22.7 Å². The van der Waals surface area contributed by atoms with E-state index in [-0.39, 0.29) is 0 Å². The molecular formula is C11H21Br. The summed E-state index contributed by atoms with van der Waals surface area (Å²) >= 11 is 3.64. The number of hydrogen-bond acceptors (Lipinski definition) is 0. The first kappa shape index (κ1) is 10.6. The van der Waals surface area contributed by atoms with Gasteiger partial charge in [0.2, 0.25) is 0 Å². The maximum absolute atomic E-state index is 3.64. The first-order valence-electron chi connectivity index (χ1n) is 5.01. The molecule has 72 valence electrons. The zero-order valence-electron chi connectivity index (χ0n) is 8.95. The van der Waals surface area contributed by atoms with Gasteiger partial charge in [0.1, 0.15) is 0 Å². The molecule has 0 heterocycles. The Labute approximate surface area is 85.3 Å². The molecule has 0 bridgehead atoms. The smallest absolute Gasteiger partial charge is 0.00705 e. The van der Waals surface area contributed by atoms with Gasteiger partial charge in [0, 0.05) is 5.33 Å². The summed E-state index contributed by atoms with van der Waals surface area (Å²) in [6, 6.07) is 0. The van der Waals surface area contributed by atoms with Crippen molar-refractivity contribution >= 4 is 15.9 Å². The van der Waals surface area contributed by atoms with Crippen molar-refractivity contribution < 1.29 is 0 Å². The Kier molecular flexibility index (Phi) is 2.65. The average molecular weight is 233 g/mol. The molecule has 0 aliphatic heterocycles. The van der Waals surface area contributed by atoms with Gasteiger partial charge >= 0.3 is 0 Å². The van der Waals surface area contributed by atoms with Crippen LogP contribution < -0.4 is 0 Å². The largest absolute Gasteiger partial charge is 0.0925 e. The molecule has 0 spiro atoms. The lowest BCUT2D eigenvalue weighted by Gasteiger charge is -2.23. The summed E-state index contributed by atoms with van der Waals surface area (Å²) in [4.78, 5) is 0. The summed E-state index contributed by atoms with van der Waals surface area (Å²) in [5, 5.41) is 1.17. The van der Waals surface area contributed by atoms with Gasteiger partial charge in [-0.15, -0.1) is 0 Å². The SMILES string of the molecule is CCC1(C(C)C)C(CBr)C1(C)C. The maximum atomic E-state index is 3.64. The fraction of sp³-hybridized carbons (Fsp3) is 1.00. The molecule has 0 amide bonds. The molecule has 2 unspecified atom stereocenters. The van der Waals surface area contributed by atoms with Crippen molar-refractivity contribution in [1.29, 1.82) is 0 Å². The molecule has 12 heavy (non-hydrogen) atoms. The summed E-state index contributed by atoms with van der Waals surface area (Å²) in [5.74, 6) is 1.70. The van der Waals surface area contributed by atoms with E-state index >= 15 is 0 Å². The Morgan fingerprint density at radius 3 is 1.92 bits per heavy atom. The molecule has 0 saturated heterocycles. The van der Waals surface area contributed by atoms with Gasteiger partial charge in [0.15, 0.2) is 0 Å². The quantitative estimate of drug-likeness (QED) is 0.644. The molecule has 1 heteroatoms. The summed E-state index contributed by atoms with van der Waals surface area (Å²) in [6.45, 7) is 11.9. The van der Waals surface area contributed by atoms with Crippen LogP contribution in [-0.4, -0.2) is 5.33 Å². The van der Waals surface area contributed by atoms with Crippen LogP contribution in [0.3, 0.4) is 0 Å².